The largest absolute Gasteiger partial charge is 0.478 e. The third-order valence-electron chi connectivity index (χ3n) is 5.65. The van der Waals surface area contributed by atoms with Crippen molar-refractivity contribution in [2.24, 2.45) is 0 Å². The van der Waals surface area contributed by atoms with Crippen LogP contribution in [0.5, 0.6) is 0 Å². The maximum Gasteiger partial charge on any atom is 0.338 e. The van der Waals surface area contributed by atoms with Gasteiger partial charge >= 0.3 is 11.9 Å². The maximum absolute atomic E-state index is 12.2. The van der Waals surface area contributed by atoms with Crippen molar-refractivity contribution < 1.29 is 19.4 Å². The lowest BCUT2D eigenvalue weighted by molar-refractivity contribution is 0.0471. The first kappa shape index (κ1) is 19.2. The molecule has 1 N–H and O–H groups in total. The summed E-state index contributed by atoms with van der Waals surface area (Å²) in [6.45, 7) is 9.29. The van der Waals surface area contributed by atoms with Gasteiger partial charge in [-0.2, -0.15) is 0 Å². The Morgan fingerprint density at radius 2 is 1.44 bits per heavy atom. The molecular weight excluding hydrogens is 340 g/mol. The third-order valence-corrected chi connectivity index (χ3v) is 5.65. The lowest BCUT2D eigenvalue weighted by Gasteiger charge is -2.42. The number of rotatable bonds is 4. The number of hydrogen-bond donors (Lipinski definition) is 1. The number of esters is 1. The third kappa shape index (κ3) is 3.90. The number of fused-ring (bicyclic) bond motifs is 1. The Balaban J connectivity index is 1.75. The Morgan fingerprint density at radius 1 is 0.889 bits per heavy atom. The summed E-state index contributed by atoms with van der Waals surface area (Å²) in [5.41, 5.74) is 4.43. The summed E-state index contributed by atoms with van der Waals surface area (Å²) in [6, 6.07) is 12.1. The molecule has 0 saturated heterocycles. The number of carbonyl (C=O) groups excluding carboxylic acids is 1. The second kappa shape index (κ2) is 6.84. The predicted molar refractivity (Wildman–Crippen MR) is 104 cm³/mol. The molecule has 0 saturated carbocycles. The van der Waals surface area contributed by atoms with Gasteiger partial charge in [0.2, 0.25) is 0 Å². The molecule has 2 aromatic carbocycles. The van der Waals surface area contributed by atoms with Crippen molar-refractivity contribution in [1.82, 2.24) is 0 Å². The molecule has 0 heterocycles. The summed E-state index contributed by atoms with van der Waals surface area (Å²) in [7, 11) is 0. The second-order valence-corrected chi connectivity index (χ2v) is 8.61. The van der Waals surface area contributed by atoms with Crippen LogP contribution in [0, 0.1) is 0 Å². The molecule has 27 heavy (non-hydrogen) atoms. The van der Waals surface area contributed by atoms with Crippen molar-refractivity contribution >= 4 is 11.9 Å². The number of ether oxygens (including phenoxy) is 1. The van der Waals surface area contributed by atoms with E-state index in [0.29, 0.717) is 5.56 Å². The van der Waals surface area contributed by atoms with E-state index < -0.39 is 11.9 Å². The first-order valence-electron chi connectivity index (χ1n) is 9.24. The van der Waals surface area contributed by atoms with E-state index in [9.17, 15) is 9.59 Å². The Hall–Kier alpha value is -2.62. The normalized spacial score (nSPS) is 17.0. The molecular formula is C23H26O4. The van der Waals surface area contributed by atoms with Gasteiger partial charge in [-0.15, -0.1) is 0 Å². The first-order chi connectivity index (χ1) is 12.6. The average Bonchev–Trinajstić information content (AvgIpc) is 2.63. The summed E-state index contributed by atoms with van der Waals surface area (Å²) < 4.78 is 5.44. The van der Waals surface area contributed by atoms with Gasteiger partial charge in [-0.05, 0) is 64.6 Å². The van der Waals surface area contributed by atoms with Crippen molar-refractivity contribution in [3.8, 4) is 0 Å². The fourth-order valence-corrected chi connectivity index (χ4v) is 3.71. The minimum Gasteiger partial charge on any atom is -0.478 e. The van der Waals surface area contributed by atoms with E-state index in [0.717, 1.165) is 18.4 Å². The van der Waals surface area contributed by atoms with Crippen molar-refractivity contribution in [2.75, 3.05) is 0 Å². The Labute approximate surface area is 160 Å². The van der Waals surface area contributed by atoms with Crippen LogP contribution in [0.1, 0.15) is 77.9 Å². The van der Waals surface area contributed by atoms with Crippen LogP contribution < -0.4 is 0 Å². The van der Waals surface area contributed by atoms with E-state index in [4.69, 9.17) is 9.84 Å². The molecule has 4 nitrogen and oxygen atoms in total. The zero-order valence-corrected chi connectivity index (χ0v) is 16.3. The number of carboxylic acids is 1. The molecule has 0 radical (unpaired) electrons. The van der Waals surface area contributed by atoms with Gasteiger partial charge in [0, 0.05) is 0 Å². The minimum absolute atomic E-state index is 0.109. The van der Waals surface area contributed by atoms with Gasteiger partial charge < -0.3 is 9.84 Å². The van der Waals surface area contributed by atoms with Gasteiger partial charge in [0.15, 0.2) is 0 Å². The molecule has 0 aliphatic heterocycles. The van der Waals surface area contributed by atoms with Crippen molar-refractivity contribution in [3.05, 3.63) is 70.3 Å². The number of carbonyl (C=O) groups is 2. The summed E-state index contributed by atoms with van der Waals surface area (Å²) >= 11 is 0. The van der Waals surface area contributed by atoms with Crippen LogP contribution in [0.4, 0.5) is 0 Å². The molecule has 0 spiro atoms. The highest BCUT2D eigenvalue weighted by molar-refractivity contribution is 5.92. The van der Waals surface area contributed by atoms with Crippen molar-refractivity contribution in [2.45, 2.75) is 58.0 Å². The highest BCUT2D eigenvalue weighted by Crippen LogP contribution is 2.45. The quantitative estimate of drug-likeness (QED) is 0.766. The van der Waals surface area contributed by atoms with Crippen LogP contribution >= 0.6 is 0 Å². The minimum atomic E-state index is -1.02. The van der Waals surface area contributed by atoms with Crippen LogP contribution in [-0.4, -0.2) is 17.0 Å². The lowest BCUT2D eigenvalue weighted by Crippen LogP contribution is -2.33. The monoisotopic (exact) mass is 366 g/mol. The van der Waals surface area contributed by atoms with E-state index in [-0.39, 0.29) is 23.0 Å². The summed E-state index contributed by atoms with van der Waals surface area (Å²) in [6.07, 6.45) is 2.29. The molecule has 0 amide bonds. The van der Waals surface area contributed by atoms with Gasteiger partial charge in [-0.3, -0.25) is 0 Å². The van der Waals surface area contributed by atoms with Crippen LogP contribution in [0.2, 0.25) is 0 Å². The molecule has 2 aromatic rings. The van der Waals surface area contributed by atoms with Crippen LogP contribution in [-0.2, 0) is 22.2 Å². The number of aromatic carboxylic acids is 1. The van der Waals surface area contributed by atoms with Crippen LogP contribution in [0.3, 0.4) is 0 Å². The Morgan fingerprint density at radius 3 is 2.04 bits per heavy atom. The van der Waals surface area contributed by atoms with Gasteiger partial charge in [-0.25, -0.2) is 9.59 Å². The Bertz CT molecular complexity index is 876. The molecule has 1 aliphatic rings. The molecule has 0 fully saturated rings. The van der Waals surface area contributed by atoms with Crippen molar-refractivity contribution in [3.63, 3.8) is 0 Å². The highest BCUT2D eigenvalue weighted by atomic mass is 16.5. The molecule has 4 heteroatoms. The van der Waals surface area contributed by atoms with Crippen LogP contribution in [0.25, 0.3) is 0 Å². The zero-order valence-electron chi connectivity index (χ0n) is 16.3. The molecule has 1 aliphatic carbocycles. The topological polar surface area (TPSA) is 63.6 Å². The van der Waals surface area contributed by atoms with Gasteiger partial charge in [0.05, 0.1) is 11.1 Å². The smallest absolute Gasteiger partial charge is 0.338 e. The van der Waals surface area contributed by atoms with Crippen molar-refractivity contribution in [1.29, 1.82) is 0 Å². The standard InChI is InChI=1S/C23H26O4/c1-22(2)11-12-23(3,4)19-13-15(5-10-18(19)22)14-27-21(26)17-8-6-16(7-9-17)20(24)25/h5-10,13H,11-12,14H2,1-4H3,(H,24,25). The van der Waals surface area contributed by atoms with Crippen LogP contribution in [0.15, 0.2) is 42.5 Å². The van der Waals surface area contributed by atoms with Gasteiger partial charge in [0.1, 0.15) is 6.61 Å². The second-order valence-electron chi connectivity index (χ2n) is 8.61. The lowest BCUT2D eigenvalue weighted by atomic mass is 9.63. The molecule has 0 bridgehead atoms. The number of hydrogen-bond acceptors (Lipinski definition) is 3. The first-order valence-corrected chi connectivity index (χ1v) is 9.24. The van der Waals surface area contributed by atoms with E-state index in [1.54, 1.807) is 0 Å². The zero-order chi connectivity index (χ0) is 19.8. The average molecular weight is 366 g/mol. The highest BCUT2D eigenvalue weighted by Gasteiger charge is 2.36. The van der Waals surface area contributed by atoms with Gasteiger partial charge in [0.25, 0.3) is 0 Å². The summed E-state index contributed by atoms with van der Waals surface area (Å²) in [5, 5.41) is 8.93. The molecule has 0 atom stereocenters. The van der Waals surface area contributed by atoms with E-state index in [1.165, 1.54) is 35.4 Å². The fraction of sp³-hybridized carbons (Fsp3) is 0.391. The molecule has 142 valence electrons. The summed E-state index contributed by atoms with van der Waals surface area (Å²) in [5.74, 6) is -1.47. The number of carboxylic acid groups (broad SMARTS) is 1. The SMILES string of the molecule is CC1(C)CCC(C)(C)c2cc(COC(=O)c3ccc(C(=O)O)cc3)ccc21. The molecule has 0 aromatic heterocycles. The van der Waals surface area contributed by atoms with E-state index in [1.807, 2.05) is 6.07 Å². The molecule has 0 unspecified atom stereocenters. The Kier molecular flexibility index (Phi) is 4.85. The molecule has 3 rings (SSSR count). The predicted octanol–water partition coefficient (Wildman–Crippen LogP) is 5.09. The summed E-state index contributed by atoms with van der Waals surface area (Å²) in [4.78, 5) is 23.1. The number of benzene rings is 2. The van der Waals surface area contributed by atoms with E-state index >= 15 is 0 Å². The fourth-order valence-electron chi connectivity index (χ4n) is 3.71. The van der Waals surface area contributed by atoms with E-state index in [2.05, 4.69) is 39.8 Å². The maximum atomic E-state index is 12.2. The van der Waals surface area contributed by atoms with Gasteiger partial charge in [-0.1, -0.05) is 45.9 Å².